The van der Waals surface area contributed by atoms with Crippen LogP contribution in [0, 0.1) is 5.92 Å². The summed E-state index contributed by atoms with van der Waals surface area (Å²) in [4.78, 5) is 2.52. The molecule has 2 heteroatoms. The highest BCUT2D eigenvalue weighted by atomic mass is 15.3. The first-order chi connectivity index (χ1) is 23.3. The van der Waals surface area contributed by atoms with Gasteiger partial charge in [-0.15, -0.1) is 0 Å². The minimum Gasteiger partial charge on any atom is -0.363 e. The van der Waals surface area contributed by atoms with Crippen LogP contribution in [-0.4, -0.2) is 6.17 Å². The number of nitrogens with one attached hydrogen (secondary N) is 1. The molecule has 6 aliphatic rings. The van der Waals surface area contributed by atoms with Gasteiger partial charge in [-0.3, -0.25) is 0 Å². The summed E-state index contributed by atoms with van der Waals surface area (Å²) in [7, 11) is 0. The van der Waals surface area contributed by atoms with E-state index in [0.29, 0.717) is 0 Å². The molecule has 0 spiro atoms. The maximum Gasteiger partial charge on any atom is 0.130 e. The molecule has 3 aromatic rings. The van der Waals surface area contributed by atoms with Crippen LogP contribution in [0.25, 0.3) is 11.1 Å². The van der Waals surface area contributed by atoms with E-state index in [2.05, 4.69) is 156 Å². The molecule has 1 aliphatic heterocycles. The van der Waals surface area contributed by atoms with Gasteiger partial charge in [0.15, 0.2) is 0 Å². The molecular weight excluding hydrogens is 569 g/mol. The van der Waals surface area contributed by atoms with Crippen LogP contribution in [0.2, 0.25) is 0 Å². The topological polar surface area (TPSA) is 15.3 Å². The first-order valence-electron chi connectivity index (χ1n) is 17.4. The van der Waals surface area contributed by atoms with Gasteiger partial charge in [0.25, 0.3) is 0 Å². The molecule has 1 N–H and O–H groups in total. The number of hydrogen-bond donors (Lipinski definition) is 1. The number of nitrogens with zero attached hydrogens (tertiary/aromatic N) is 1. The zero-order valence-electron chi connectivity index (χ0n) is 26.8. The van der Waals surface area contributed by atoms with E-state index in [1.54, 1.807) is 0 Å². The summed E-state index contributed by atoms with van der Waals surface area (Å²) in [5.41, 5.74) is 16.4. The first kappa shape index (κ1) is 28.2. The Bertz CT molecular complexity index is 2000. The van der Waals surface area contributed by atoms with E-state index >= 15 is 0 Å². The summed E-state index contributed by atoms with van der Waals surface area (Å²) in [6.07, 6.45) is 32.6. The fraction of sp³-hybridized carbons (Fsp3) is 0.200. The molecule has 230 valence electrons. The lowest BCUT2D eigenvalue weighted by atomic mass is 9.65. The Hall–Kier alpha value is -5.08. The molecule has 1 heterocycles. The third kappa shape index (κ3) is 4.95. The number of allylic oxidation sites excluding steroid dienone is 15. The van der Waals surface area contributed by atoms with Gasteiger partial charge in [0.1, 0.15) is 6.17 Å². The summed E-state index contributed by atoms with van der Waals surface area (Å²) in [6, 6.07) is 29.6. The van der Waals surface area contributed by atoms with Crippen LogP contribution in [0.1, 0.15) is 66.7 Å². The van der Waals surface area contributed by atoms with Crippen molar-refractivity contribution in [1.29, 1.82) is 0 Å². The smallest absolute Gasteiger partial charge is 0.130 e. The fourth-order valence-corrected chi connectivity index (χ4v) is 8.47. The summed E-state index contributed by atoms with van der Waals surface area (Å²) < 4.78 is 0. The SMILES string of the molecule is C1=CCCC(C2=C3C=CC(c4ccccc4)=CC3C(c3ccc(N4C5=C(CCC=C5)NC4C4=CCCC=C4)cc3)c3ccccc32)=C1. The Morgan fingerprint density at radius 1 is 0.702 bits per heavy atom. The lowest BCUT2D eigenvalue weighted by Crippen LogP contribution is -2.39. The van der Waals surface area contributed by atoms with Crippen LogP contribution in [0.5, 0.6) is 0 Å². The van der Waals surface area contributed by atoms with Gasteiger partial charge in [-0.1, -0.05) is 127 Å². The second-order valence-corrected chi connectivity index (χ2v) is 13.4. The number of anilines is 1. The maximum atomic E-state index is 3.90. The Balaban J connectivity index is 1.16. The van der Waals surface area contributed by atoms with Crippen molar-refractivity contribution in [2.45, 2.75) is 50.6 Å². The standard InChI is InChI=1S/C45H40N2/c1-4-14-31(15-5-1)35-26-29-39-40(30-35)44(38-21-11-10-20-37(38)43(39)32-16-6-2-7-17-32)33-24-27-36(28-25-33)47-42-23-13-12-22-41(42)46-45(47)34-18-8-3-9-19-34/h1-2,4-6,8,10-11,13-16,18-21,23-30,40,44-46H,3,7,9,12,17,22H2. The van der Waals surface area contributed by atoms with Gasteiger partial charge in [0, 0.05) is 23.2 Å². The molecule has 0 saturated heterocycles. The van der Waals surface area contributed by atoms with E-state index in [1.807, 2.05) is 0 Å². The van der Waals surface area contributed by atoms with Crippen molar-refractivity contribution < 1.29 is 0 Å². The van der Waals surface area contributed by atoms with Crippen LogP contribution in [0.15, 0.2) is 174 Å². The molecule has 0 bridgehead atoms. The van der Waals surface area contributed by atoms with E-state index in [1.165, 1.54) is 67.2 Å². The molecule has 9 rings (SSSR count). The summed E-state index contributed by atoms with van der Waals surface area (Å²) in [5, 5.41) is 3.90. The van der Waals surface area contributed by atoms with E-state index < -0.39 is 0 Å². The molecule has 0 aromatic heterocycles. The highest BCUT2D eigenvalue weighted by Gasteiger charge is 2.38. The molecule has 0 fully saturated rings. The predicted octanol–water partition coefficient (Wildman–Crippen LogP) is 10.7. The van der Waals surface area contributed by atoms with E-state index in [4.69, 9.17) is 0 Å². The zero-order chi connectivity index (χ0) is 31.2. The number of rotatable bonds is 5. The zero-order valence-corrected chi connectivity index (χ0v) is 26.8. The van der Waals surface area contributed by atoms with Crippen LogP contribution in [0.4, 0.5) is 5.69 Å². The molecule has 47 heavy (non-hydrogen) atoms. The monoisotopic (exact) mass is 608 g/mol. The Labute approximate surface area is 278 Å². The van der Waals surface area contributed by atoms with E-state index in [-0.39, 0.29) is 18.0 Å². The molecule has 0 saturated carbocycles. The lowest BCUT2D eigenvalue weighted by molar-refractivity contribution is 0.648. The van der Waals surface area contributed by atoms with Gasteiger partial charge in [0.2, 0.25) is 0 Å². The van der Waals surface area contributed by atoms with Crippen molar-refractivity contribution >= 4 is 16.8 Å². The van der Waals surface area contributed by atoms with Crippen molar-refractivity contribution in [3.05, 3.63) is 196 Å². The van der Waals surface area contributed by atoms with Crippen LogP contribution in [0.3, 0.4) is 0 Å². The third-order valence-corrected chi connectivity index (χ3v) is 10.7. The second-order valence-electron chi connectivity index (χ2n) is 13.4. The minimum atomic E-state index is 0.135. The van der Waals surface area contributed by atoms with Crippen LogP contribution in [-0.2, 0) is 0 Å². The minimum absolute atomic E-state index is 0.135. The van der Waals surface area contributed by atoms with Crippen molar-refractivity contribution in [3.63, 3.8) is 0 Å². The molecule has 5 aliphatic carbocycles. The molecular formula is C45H40N2. The lowest BCUT2D eigenvalue weighted by Gasteiger charge is -2.38. The predicted molar refractivity (Wildman–Crippen MR) is 196 cm³/mol. The molecule has 2 nitrogen and oxygen atoms in total. The number of fused-ring (bicyclic) bond motifs is 2. The van der Waals surface area contributed by atoms with Gasteiger partial charge in [-0.25, -0.2) is 0 Å². The molecule has 0 amide bonds. The van der Waals surface area contributed by atoms with Crippen LogP contribution >= 0.6 is 0 Å². The Morgan fingerprint density at radius 2 is 1.53 bits per heavy atom. The number of benzene rings is 3. The van der Waals surface area contributed by atoms with Gasteiger partial charge in [-0.05, 0) is 107 Å². The van der Waals surface area contributed by atoms with Crippen molar-refractivity contribution in [2.75, 3.05) is 4.90 Å². The summed E-state index contributed by atoms with van der Waals surface area (Å²) in [6.45, 7) is 0. The fourth-order valence-electron chi connectivity index (χ4n) is 8.47. The van der Waals surface area contributed by atoms with Crippen molar-refractivity contribution in [2.24, 2.45) is 5.92 Å². The van der Waals surface area contributed by atoms with E-state index in [9.17, 15) is 0 Å². The Morgan fingerprint density at radius 3 is 2.36 bits per heavy atom. The van der Waals surface area contributed by atoms with Gasteiger partial charge in [-0.2, -0.15) is 0 Å². The third-order valence-electron chi connectivity index (χ3n) is 10.7. The molecule has 0 radical (unpaired) electrons. The van der Waals surface area contributed by atoms with Crippen molar-refractivity contribution in [1.82, 2.24) is 5.32 Å². The molecule has 3 aromatic carbocycles. The summed E-state index contributed by atoms with van der Waals surface area (Å²) in [5.74, 6) is 0.468. The number of hydrogen-bond acceptors (Lipinski definition) is 2. The second kappa shape index (κ2) is 11.9. The molecule has 3 unspecified atom stereocenters. The van der Waals surface area contributed by atoms with Gasteiger partial charge < -0.3 is 10.2 Å². The van der Waals surface area contributed by atoms with Crippen molar-refractivity contribution in [3.8, 4) is 0 Å². The average molecular weight is 609 g/mol. The normalized spacial score (nSPS) is 24.3. The molecule has 3 atom stereocenters. The average Bonchev–Trinajstić information content (AvgIpc) is 3.54. The maximum absolute atomic E-state index is 3.90. The highest BCUT2D eigenvalue weighted by molar-refractivity contribution is 5.91. The van der Waals surface area contributed by atoms with Gasteiger partial charge >= 0.3 is 0 Å². The largest absolute Gasteiger partial charge is 0.363 e. The van der Waals surface area contributed by atoms with Gasteiger partial charge in [0.05, 0.1) is 5.70 Å². The van der Waals surface area contributed by atoms with E-state index in [0.717, 1.165) is 38.5 Å². The summed E-state index contributed by atoms with van der Waals surface area (Å²) >= 11 is 0. The first-order valence-corrected chi connectivity index (χ1v) is 17.4. The van der Waals surface area contributed by atoms with Crippen LogP contribution < -0.4 is 10.2 Å². The quantitative estimate of drug-likeness (QED) is 0.310. The Kier molecular flexibility index (Phi) is 7.15. The highest BCUT2D eigenvalue weighted by Crippen LogP contribution is 2.52.